The Morgan fingerprint density at radius 2 is 1.64 bits per heavy atom. The number of aromatic hydroxyl groups is 1. The van der Waals surface area contributed by atoms with E-state index in [1.807, 2.05) is 0 Å². The highest BCUT2D eigenvalue weighted by molar-refractivity contribution is 5.73. The zero-order chi connectivity index (χ0) is 16.3. The van der Waals surface area contributed by atoms with E-state index < -0.39 is 17.9 Å². The fourth-order valence-electron chi connectivity index (χ4n) is 1.93. The SMILES string of the molecule is COc1ccc(-c2ccc(O)c(OC(F)(F)F)c2)c(OC)c1. The van der Waals surface area contributed by atoms with Crippen LogP contribution in [0.3, 0.4) is 0 Å². The molecule has 0 spiro atoms. The molecule has 118 valence electrons. The minimum atomic E-state index is -4.89. The lowest BCUT2D eigenvalue weighted by Crippen LogP contribution is -2.17. The second kappa shape index (κ2) is 6.05. The first-order valence-electron chi connectivity index (χ1n) is 6.15. The molecule has 0 amide bonds. The van der Waals surface area contributed by atoms with Crippen LogP contribution in [0.1, 0.15) is 0 Å². The second-order valence-corrected chi connectivity index (χ2v) is 4.30. The Bertz CT molecular complexity index is 668. The van der Waals surface area contributed by atoms with Gasteiger partial charge in [0.1, 0.15) is 11.5 Å². The van der Waals surface area contributed by atoms with Gasteiger partial charge < -0.3 is 19.3 Å². The van der Waals surface area contributed by atoms with Gasteiger partial charge in [0, 0.05) is 11.6 Å². The quantitative estimate of drug-likeness (QED) is 0.927. The molecular weight excluding hydrogens is 301 g/mol. The molecule has 2 rings (SSSR count). The Balaban J connectivity index is 2.47. The highest BCUT2D eigenvalue weighted by Gasteiger charge is 2.32. The summed E-state index contributed by atoms with van der Waals surface area (Å²) in [6, 6.07) is 8.57. The summed E-state index contributed by atoms with van der Waals surface area (Å²) < 4.78 is 51.0. The number of halogens is 3. The van der Waals surface area contributed by atoms with Crippen molar-refractivity contribution in [3.05, 3.63) is 36.4 Å². The number of methoxy groups -OCH3 is 2. The molecule has 0 fully saturated rings. The standard InChI is InChI=1S/C15H13F3O4/c1-20-10-4-5-11(13(8-10)21-2)9-3-6-12(19)14(7-9)22-15(16,17)18/h3-8,19H,1-2H3. The van der Waals surface area contributed by atoms with E-state index in [0.29, 0.717) is 22.6 Å². The monoisotopic (exact) mass is 314 g/mol. The second-order valence-electron chi connectivity index (χ2n) is 4.30. The molecule has 0 saturated carbocycles. The molecule has 2 aromatic carbocycles. The summed E-state index contributed by atoms with van der Waals surface area (Å²) in [5.41, 5.74) is 0.937. The van der Waals surface area contributed by atoms with Gasteiger partial charge in [-0.3, -0.25) is 0 Å². The molecule has 0 aliphatic heterocycles. The van der Waals surface area contributed by atoms with Gasteiger partial charge in [-0.25, -0.2) is 0 Å². The summed E-state index contributed by atoms with van der Waals surface area (Å²) in [6.07, 6.45) is -4.89. The molecule has 0 radical (unpaired) electrons. The van der Waals surface area contributed by atoms with Gasteiger partial charge in [-0.2, -0.15) is 0 Å². The number of phenolic OH excluding ortho intramolecular Hbond substituents is 1. The lowest BCUT2D eigenvalue weighted by molar-refractivity contribution is -0.275. The van der Waals surface area contributed by atoms with Crippen molar-refractivity contribution in [2.24, 2.45) is 0 Å². The molecule has 0 unspecified atom stereocenters. The molecular formula is C15H13F3O4. The normalized spacial score (nSPS) is 11.1. The maximum Gasteiger partial charge on any atom is 0.573 e. The average molecular weight is 314 g/mol. The van der Waals surface area contributed by atoms with Crippen LogP contribution in [0.15, 0.2) is 36.4 Å². The maximum absolute atomic E-state index is 12.3. The summed E-state index contributed by atoms with van der Waals surface area (Å²) >= 11 is 0. The number of benzene rings is 2. The van der Waals surface area contributed by atoms with Crippen LogP contribution < -0.4 is 14.2 Å². The summed E-state index contributed by atoms with van der Waals surface area (Å²) in [6.45, 7) is 0. The number of alkyl halides is 3. The predicted molar refractivity (Wildman–Crippen MR) is 73.3 cm³/mol. The minimum Gasteiger partial charge on any atom is -0.504 e. The summed E-state index contributed by atoms with van der Waals surface area (Å²) in [5.74, 6) is -0.314. The van der Waals surface area contributed by atoms with Crippen molar-refractivity contribution in [3.8, 4) is 34.1 Å². The zero-order valence-electron chi connectivity index (χ0n) is 11.8. The lowest BCUT2D eigenvalue weighted by atomic mass is 10.0. The van der Waals surface area contributed by atoms with Crippen molar-refractivity contribution in [1.29, 1.82) is 0 Å². The average Bonchev–Trinajstić information content (AvgIpc) is 2.47. The first-order valence-corrected chi connectivity index (χ1v) is 6.15. The van der Waals surface area contributed by atoms with Crippen LogP contribution in [0, 0.1) is 0 Å². The third-order valence-electron chi connectivity index (χ3n) is 2.91. The van der Waals surface area contributed by atoms with Gasteiger partial charge in [0.2, 0.25) is 0 Å². The Kier molecular flexibility index (Phi) is 4.35. The van der Waals surface area contributed by atoms with Crippen LogP contribution in [0.25, 0.3) is 11.1 Å². The van der Waals surface area contributed by atoms with Crippen molar-refractivity contribution in [2.75, 3.05) is 14.2 Å². The van der Waals surface area contributed by atoms with Crippen LogP contribution in [0.2, 0.25) is 0 Å². The Labute approximate surface area is 124 Å². The fourth-order valence-corrected chi connectivity index (χ4v) is 1.93. The van der Waals surface area contributed by atoms with E-state index in [2.05, 4.69) is 4.74 Å². The Hall–Kier alpha value is -2.57. The van der Waals surface area contributed by atoms with Gasteiger partial charge in [-0.1, -0.05) is 6.07 Å². The molecule has 0 aliphatic rings. The third kappa shape index (κ3) is 3.55. The molecule has 0 bridgehead atoms. The first kappa shape index (κ1) is 15.8. The predicted octanol–water partition coefficient (Wildman–Crippen LogP) is 3.98. The number of hydrogen-bond donors (Lipinski definition) is 1. The summed E-state index contributed by atoms with van der Waals surface area (Å²) in [5, 5.41) is 9.48. The van der Waals surface area contributed by atoms with Crippen LogP contribution in [0.5, 0.6) is 23.0 Å². The van der Waals surface area contributed by atoms with E-state index in [9.17, 15) is 18.3 Å². The van der Waals surface area contributed by atoms with Crippen molar-refractivity contribution >= 4 is 0 Å². The maximum atomic E-state index is 12.3. The number of ether oxygens (including phenoxy) is 3. The third-order valence-corrected chi connectivity index (χ3v) is 2.91. The van der Waals surface area contributed by atoms with Crippen LogP contribution in [0.4, 0.5) is 13.2 Å². The molecule has 22 heavy (non-hydrogen) atoms. The molecule has 0 atom stereocenters. The Morgan fingerprint density at radius 1 is 0.909 bits per heavy atom. The van der Waals surface area contributed by atoms with Crippen LogP contribution in [-0.2, 0) is 0 Å². The largest absolute Gasteiger partial charge is 0.573 e. The van der Waals surface area contributed by atoms with Crippen molar-refractivity contribution in [3.63, 3.8) is 0 Å². The molecule has 2 aromatic rings. The number of rotatable bonds is 4. The lowest BCUT2D eigenvalue weighted by Gasteiger charge is -2.14. The summed E-state index contributed by atoms with van der Waals surface area (Å²) in [4.78, 5) is 0. The van der Waals surface area contributed by atoms with Gasteiger partial charge in [0.05, 0.1) is 14.2 Å². The van der Waals surface area contributed by atoms with Gasteiger partial charge in [-0.15, -0.1) is 13.2 Å². The molecule has 0 aliphatic carbocycles. The van der Waals surface area contributed by atoms with Crippen LogP contribution in [-0.4, -0.2) is 25.7 Å². The van der Waals surface area contributed by atoms with E-state index >= 15 is 0 Å². The molecule has 0 aromatic heterocycles. The van der Waals surface area contributed by atoms with Crippen LogP contribution >= 0.6 is 0 Å². The van der Waals surface area contributed by atoms with Crippen molar-refractivity contribution < 1.29 is 32.5 Å². The van der Waals surface area contributed by atoms with Crippen molar-refractivity contribution in [2.45, 2.75) is 6.36 Å². The molecule has 0 heterocycles. The van der Waals surface area contributed by atoms with E-state index in [-0.39, 0.29) is 0 Å². The molecule has 0 saturated heterocycles. The van der Waals surface area contributed by atoms with Gasteiger partial charge >= 0.3 is 6.36 Å². The first-order chi connectivity index (χ1) is 10.3. The number of hydrogen-bond acceptors (Lipinski definition) is 4. The van der Waals surface area contributed by atoms with Crippen molar-refractivity contribution in [1.82, 2.24) is 0 Å². The van der Waals surface area contributed by atoms with E-state index in [0.717, 1.165) is 12.1 Å². The highest BCUT2D eigenvalue weighted by Crippen LogP contribution is 2.39. The smallest absolute Gasteiger partial charge is 0.504 e. The van der Waals surface area contributed by atoms with E-state index in [1.54, 1.807) is 18.2 Å². The fraction of sp³-hybridized carbons (Fsp3) is 0.200. The number of phenols is 1. The zero-order valence-corrected chi connectivity index (χ0v) is 11.8. The summed E-state index contributed by atoms with van der Waals surface area (Å²) in [7, 11) is 2.93. The Morgan fingerprint density at radius 3 is 2.23 bits per heavy atom. The van der Waals surface area contributed by atoms with Gasteiger partial charge in [-0.05, 0) is 29.8 Å². The highest BCUT2D eigenvalue weighted by atomic mass is 19.4. The topological polar surface area (TPSA) is 47.9 Å². The molecule has 7 heteroatoms. The van der Waals surface area contributed by atoms with Gasteiger partial charge in [0.25, 0.3) is 0 Å². The molecule has 4 nitrogen and oxygen atoms in total. The minimum absolute atomic E-state index is 0.400. The van der Waals surface area contributed by atoms with E-state index in [4.69, 9.17) is 9.47 Å². The molecule has 1 N–H and O–H groups in total. The van der Waals surface area contributed by atoms with Gasteiger partial charge in [0.15, 0.2) is 11.5 Å². The van der Waals surface area contributed by atoms with E-state index in [1.165, 1.54) is 20.3 Å².